The first-order valence-corrected chi connectivity index (χ1v) is 6.61. The molecule has 0 saturated heterocycles. The van der Waals surface area contributed by atoms with Gasteiger partial charge >= 0.3 is 0 Å². The van der Waals surface area contributed by atoms with Crippen LogP contribution < -0.4 is 5.73 Å². The van der Waals surface area contributed by atoms with Crippen LogP contribution in [0, 0.1) is 12.3 Å². The van der Waals surface area contributed by atoms with Crippen LogP contribution in [0.3, 0.4) is 0 Å². The summed E-state index contributed by atoms with van der Waals surface area (Å²) in [5.74, 6) is 1.04. The highest BCUT2D eigenvalue weighted by Gasteiger charge is 2.20. The minimum absolute atomic E-state index is 0.155. The average molecular weight is 245 g/mol. The summed E-state index contributed by atoms with van der Waals surface area (Å²) in [7, 11) is 0. The number of hydrogen-bond acceptors (Lipinski definition) is 2. The van der Waals surface area contributed by atoms with Crippen molar-refractivity contribution >= 4 is 11.0 Å². The van der Waals surface area contributed by atoms with Gasteiger partial charge in [0.2, 0.25) is 0 Å². The predicted molar refractivity (Wildman–Crippen MR) is 76.7 cm³/mol. The van der Waals surface area contributed by atoms with Crippen molar-refractivity contribution in [3.05, 3.63) is 35.6 Å². The molecular formula is C16H23NO. The zero-order chi connectivity index (χ0) is 13.3. The monoisotopic (exact) mass is 245 g/mol. The fourth-order valence-corrected chi connectivity index (χ4v) is 2.12. The molecule has 0 bridgehead atoms. The first kappa shape index (κ1) is 13.2. The van der Waals surface area contributed by atoms with E-state index in [0.29, 0.717) is 0 Å². The molecule has 1 aromatic heterocycles. The molecule has 2 rings (SSSR count). The Bertz CT molecular complexity index is 534. The SMILES string of the molecule is Cc1cccc2cc(CCC(N)C(C)(C)C)oc12. The smallest absolute Gasteiger partial charge is 0.137 e. The zero-order valence-corrected chi connectivity index (χ0v) is 11.8. The number of benzene rings is 1. The molecule has 2 heteroatoms. The Morgan fingerprint density at radius 1 is 1.28 bits per heavy atom. The van der Waals surface area contributed by atoms with Crippen LogP contribution >= 0.6 is 0 Å². The van der Waals surface area contributed by atoms with Crippen LogP contribution in [0.5, 0.6) is 0 Å². The first-order valence-electron chi connectivity index (χ1n) is 6.61. The Balaban J connectivity index is 2.11. The van der Waals surface area contributed by atoms with Crippen molar-refractivity contribution in [1.29, 1.82) is 0 Å². The van der Waals surface area contributed by atoms with Gasteiger partial charge in [-0.15, -0.1) is 0 Å². The van der Waals surface area contributed by atoms with Crippen molar-refractivity contribution in [2.45, 2.75) is 46.6 Å². The maximum atomic E-state index is 6.18. The van der Waals surface area contributed by atoms with E-state index < -0.39 is 0 Å². The van der Waals surface area contributed by atoms with Gasteiger partial charge < -0.3 is 10.2 Å². The average Bonchev–Trinajstić information content (AvgIpc) is 2.69. The minimum atomic E-state index is 0.155. The summed E-state index contributed by atoms with van der Waals surface area (Å²) in [4.78, 5) is 0. The van der Waals surface area contributed by atoms with E-state index in [2.05, 4.69) is 52.0 Å². The Hall–Kier alpha value is -1.28. The van der Waals surface area contributed by atoms with E-state index in [1.165, 1.54) is 10.9 Å². The van der Waals surface area contributed by atoms with E-state index in [0.717, 1.165) is 24.2 Å². The van der Waals surface area contributed by atoms with Crippen LogP contribution in [-0.4, -0.2) is 6.04 Å². The molecular weight excluding hydrogens is 222 g/mol. The molecule has 0 amide bonds. The molecule has 98 valence electrons. The molecule has 0 saturated carbocycles. The van der Waals surface area contributed by atoms with E-state index in [1.54, 1.807) is 0 Å². The molecule has 0 spiro atoms. The number of furan rings is 1. The van der Waals surface area contributed by atoms with Crippen LogP contribution in [0.25, 0.3) is 11.0 Å². The summed E-state index contributed by atoms with van der Waals surface area (Å²) in [6.07, 6.45) is 1.87. The number of rotatable bonds is 3. The van der Waals surface area contributed by atoms with E-state index in [4.69, 9.17) is 10.2 Å². The topological polar surface area (TPSA) is 39.2 Å². The van der Waals surface area contributed by atoms with Crippen LogP contribution in [0.4, 0.5) is 0 Å². The van der Waals surface area contributed by atoms with E-state index in [1.807, 2.05) is 0 Å². The lowest BCUT2D eigenvalue weighted by Gasteiger charge is -2.26. The second kappa shape index (κ2) is 4.77. The highest BCUT2D eigenvalue weighted by molar-refractivity contribution is 5.80. The van der Waals surface area contributed by atoms with Gasteiger partial charge in [-0.1, -0.05) is 39.0 Å². The number of hydrogen-bond donors (Lipinski definition) is 1. The maximum absolute atomic E-state index is 6.18. The molecule has 1 heterocycles. The largest absolute Gasteiger partial charge is 0.461 e. The lowest BCUT2D eigenvalue weighted by Crippen LogP contribution is -2.35. The summed E-state index contributed by atoms with van der Waals surface area (Å²) in [6.45, 7) is 8.62. The lowest BCUT2D eigenvalue weighted by molar-refractivity contribution is 0.301. The normalized spacial score (nSPS) is 14.1. The summed E-state index contributed by atoms with van der Waals surface area (Å²) in [6, 6.07) is 8.58. The molecule has 0 aliphatic heterocycles. The van der Waals surface area contributed by atoms with Crippen molar-refractivity contribution < 1.29 is 4.42 Å². The number of para-hydroxylation sites is 1. The summed E-state index contributed by atoms with van der Waals surface area (Å²) >= 11 is 0. The fourth-order valence-electron chi connectivity index (χ4n) is 2.12. The molecule has 1 atom stereocenters. The van der Waals surface area contributed by atoms with Crippen molar-refractivity contribution in [2.75, 3.05) is 0 Å². The van der Waals surface area contributed by atoms with Crippen LogP contribution in [0.15, 0.2) is 28.7 Å². The summed E-state index contributed by atoms with van der Waals surface area (Å²) in [5, 5.41) is 1.19. The van der Waals surface area contributed by atoms with Gasteiger partial charge in [0.15, 0.2) is 0 Å². The number of nitrogens with two attached hydrogens (primary N) is 1. The molecule has 0 aliphatic rings. The molecule has 1 unspecified atom stereocenters. The third-order valence-corrected chi connectivity index (χ3v) is 3.61. The molecule has 18 heavy (non-hydrogen) atoms. The minimum Gasteiger partial charge on any atom is -0.461 e. The maximum Gasteiger partial charge on any atom is 0.137 e. The molecule has 0 aliphatic carbocycles. The van der Waals surface area contributed by atoms with Crippen LogP contribution in [0.2, 0.25) is 0 Å². The number of fused-ring (bicyclic) bond motifs is 1. The van der Waals surface area contributed by atoms with Gasteiger partial charge in [-0.05, 0) is 30.4 Å². The van der Waals surface area contributed by atoms with Crippen molar-refractivity contribution in [3.63, 3.8) is 0 Å². The third-order valence-electron chi connectivity index (χ3n) is 3.61. The van der Waals surface area contributed by atoms with Crippen molar-refractivity contribution in [3.8, 4) is 0 Å². The van der Waals surface area contributed by atoms with Gasteiger partial charge in [0.05, 0.1) is 0 Å². The van der Waals surface area contributed by atoms with Gasteiger partial charge in [-0.2, -0.15) is 0 Å². The molecule has 0 fully saturated rings. The van der Waals surface area contributed by atoms with Gasteiger partial charge in [-0.3, -0.25) is 0 Å². The van der Waals surface area contributed by atoms with E-state index in [-0.39, 0.29) is 11.5 Å². The lowest BCUT2D eigenvalue weighted by atomic mass is 9.84. The molecule has 2 aromatic rings. The zero-order valence-electron chi connectivity index (χ0n) is 11.8. The number of aryl methyl sites for hydroxylation is 2. The van der Waals surface area contributed by atoms with Gasteiger partial charge in [0.1, 0.15) is 11.3 Å². The Labute approximate surface area is 109 Å². The summed E-state index contributed by atoms with van der Waals surface area (Å²) in [5.41, 5.74) is 8.54. The first-order chi connectivity index (χ1) is 8.38. The van der Waals surface area contributed by atoms with E-state index in [9.17, 15) is 0 Å². The second-order valence-electron chi connectivity index (χ2n) is 6.22. The fraction of sp³-hybridized carbons (Fsp3) is 0.500. The van der Waals surface area contributed by atoms with Gasteiger partial charge in [-0.25, -0.2) is 0 Å². The van der Waals surface area contributed by atoms with E-state index >= 15 is 0 Å². The quantitative estimate of drug-likeness (QED) is 0.886. The highest BCUT2D eigenvalue weighted by Crippen LogP contribution is 2.25. The predicted octanol–water partition coefficient (Wildman–Crippen LogP) is 4.05. The van der Waals surface area contributed by atoms with Crippen LogP contribution in [0.1, 0.15) is 38.5 Å². The van der Waals surface area contributed by atoms with Crippen molar-refractivity contribution in [2.24, 2.45) is 11.1 Å². The van der Waals surface area contributed by atoms with Crippen LogP contribution in [-0.2, 0) is 6.42 Å². The Morgan fingerprint density at radius 2 is 2.00 bits per heavy atom. The second-order valence-corrected chi connectivity index (χ2v) is 6.22. The van der Waals surface area contributed by atoms with Gasteiger partial charge in [0.25, 0.3) is 0 Å². The molecule has 2 N–H and O–H groups in total. The van der Waals surface area contributed by atoms with Gasteiger partial charge in [0, 0.05) is 17.8 Å². The Kier molecular flexibility index (Phi) is 3.49. The standard InChI is InChI=1S/C16H23NO/c1-11-6-5-7-12-10-13(18-15(11)12)8-9-14(17)16(2,3)4/h5-7,10,14H,8-9,17H2,1-4H3. The highest BCUT2D eigenvalue weighted by atomic mass is 16.3. The summed E-state index contributed by atoms with van der Waals surface area (Å²) < 4.78 is 5.91. The molecule has 0 radical (unpaired) electrons. The van der Waals surface area contributed by atoms with Crippen molar-refractivity contribution in [1.82, 2.24) is 0 Å². The molecule has 2 nitrogen and oxygen atoms in total. The Morgan fingerprint density at radius 3 is 2.61 bits per heavy atom. The molecule has 1 aromatic carbocycles. The third kappa shape index (κ3) is 2.75.